The van der Waals surface area contributed by atoms with E-state index in [0.717, 1.165) is 24.2 Å². The Hall–Kier alpha value is -1.55. The van der Waals surface area contributed by atoms with Crippen molar-refractivity contribution < 1.29 is 9.53 Å². The monoisotopic (exact) mass is 288 g/mol. The highest BCUT2D eigenvalue weighted by atomic mass is 16.5. The van der Waals surface area contributed by atoms with E-state index in [1.165, 1.54) is 6.42 Å². The molecule has 1 heterocycles. The van der Waals surface area contributed by atoms with Crippen LogP contribution in [0, 0.1) is 5.92 Å². The van der Waals surface area contributed by atoms with Gasteiger partial charge in [0.05, 0.1) is 13.2 Å². The van der Waals surface area contributed by atoms with Gasteiger partial charge in [0, 0.05) is 6.04 Å². The van der Waals surface area contributed by atoms with E-state index < -0.39 is 0 Å². The van der Waals surface area contributed by atoms with Crippen molar-refractivity contribution in [3.8, 4) is 5.75 Å². The molecule has 114 valence electrons. The fourth-order valence-electron chi connectivity index (χ4n) is 3.21. The van der Waals surface area contributed by atoms with Crippen LogP contribution < -0.4 is 10.1 Å². The average molecular weight is 288 g/mol. The standard InChI is InChI=1S/C17H24N2O2/c1-11(2)15-17(20)19(13-7-5-8-13)16(18-15)12-6-4-9-14(10-12)21-3/h4,6,9-11,13,15-16,18H,5,7-8H2,1-3H3. The van der Waals surface area contributed by atoms with Gasteiger partial charge in [0.25, 0.3) is 0 Å². The summed E-state index contributed by atoms with van der Waals surface area (Å²) in [5.74, 6) is 1.39. The first-order chi connectivity index (χ1) is 10.1. The summed E-state index contributed by atoms with van der Waals surface area (Å²) in [4.78, 5) is 14.8. The lowest BCUT2D eigenvalue weighted by molar-refractivity contribution is -0.134. The van der Waals surface area contributed by atoms with Crippen molar-refractivity contribution in [3.05, 3.63) is 29.8 Å². The Labute approximate surface area is 126 Å². The third-order valence-corrected chi connectivity index (χ3v) is 4.68. The van der Waals surface area contributed by atoms with Gasteiger partial charge in [-0.25, -0.2) is 0 Å². The molecule has 0 aromatic heterocycles. The molecule has 1 N–H and O–H groups in total. The maximum absolute atomic E-state index is 12.8. The third-order valence-electron chi connectivity index (χ3n) is 4.68. The fraction of sp³-hybridized carbons (Fsp3) is 0.588. The molecule has 2 atom stereocenters. The molecule has 1 aliphatic heterocycles. The number of rotatable bonds is 4. The predicted molar refractivity (Wildman–Crippen MR) is 82.0 cm³/mol. The Morgan fingerprint density at radius 2 is 2.10 bits per heavy atom. The van der Waals surface area contributed by atoms with E-state index in [4.69, 9.17) is 4.74 Å². The second kappa shape index (κ2) is 5.68. The molecule has 2 unspecified atom stereocenters. The van der Waals surface area contributed by atoms with Crippen LogP contribution in [0.2, 0.25) is 0 Å². The second-order valence-corrected chi connectivity index (χ2v) is 6.40. The van der Waals surface area contributed by atoms with Gasteiger partial charge in [-0.2, -0.15) is 0 Å². The van der Waals surface area contributed by atoms with Crippen molar-refractivity contribution >= 4 is 5.91 Å². The lowest BCUT2D eigenvalue weighted by atomic mass is 9.90. The summed E-state index contributed by atoms with van der Waals surface area (Å²) in [6, 6.07) is 8.34. The van der Waals surface area contributed by atoms with Crippen molar-refractivity contribution in [2.45, 2.75) is 51.4 Å². The molecule has 0 radical (unpaired) electrons. The van der Waals surface area contributed by atoms with Gasteiger partial charge in [0.2, 0.25) is 5.91 Å². The molecule has 2 aliphatic rings. The molecular weight excluding hydrogens is 264 g/mol. The molecule has 1 aromatic carbocycles. The van der Waals surface area contributed by atoms with Gasteiger partial charge in [-0.3, -0.25) is 10.1 Å². The number of methoxy groups -OCH3 is 1. The number of nitrogens with zero attached hydrogens (tertiary/aromatic N) is 1. The van der Waals surface area contributed by atoms with Gasteiger partial charge in [0.1, 0.15) is 11.9 Å². The number of hydrogen-bond donors (Lipinski definition) is 1. The van der Waals surface area contributed by atoms with Gasteiger partial charge < -0.3 is 9.64 Å². The minimum Gasteiger partial charge on any atom is -0.497 e. The van der Waals surface area contributed by atoms with Gasteiger partial charge in [-0.15, -0.1) is 0 Å². The zero-order valence-electron chi connectivity index (χ0n) is 13.0. The normalized spacial score (nSPS) is 26.3. The summed E-state index contributed by atoms with van der Waals surface area (Å²) < 4.78 is 5.32. The highest BCUT2D eigenvalue weighted by Gasteiger charge is 2.45. The predicted octanol–water partition coefficient (Wildman–Crippen LogP) is 2.70. The first kappa shape index (κ1) is 14.4. The largest absolute Gasteiger partial charge is 0.497 e. The van der Waals surface area contributed by atoms with Crippen LogP contribution in [-0.4, -0.2) is 30.0 Å². The van der Waals surface area contributed by atoms with Crippen molar-refractivity contribution in [1.29, 1.82) is 0 Å². The summed E-state index contributed by atoms with van der Waals surface area (Å²) in [5, 5.41) is 3.53. The summed E-state index contributed by atoms with van der Waals surface area (Å²) in [7, 11) is 1.67. The van der Waals surface area contributed by atoms with E-state index >= 15 is 0 Å². The lowest BCUT2D eigenvalue weighted by Crippen LogP contribution is -2.44. The highest BCUT2D eigenvalue weighted by Crippen LogP contribution is 2.37. The summed E-state index contributed by atoms with van der Waals surface area (Å²) >= 11 is 0. The average Bonchev–Trinajstić information content (AvgIpc) is 2.75. The number of carbonyl (C=O) groups is 1. The van der Waals surface area contributed by atoms with E-state index in [1.54, 1.807) is 7.11 Å². The molecule has 1 saturated heterocycles. The van der Waals surface area contributed by atoms with Crippen LogP contribution in [0.25, 0.3) is 0 Å². The second-order valence-electron chi connectivity index (χ2n) is 6.40. The van der Waals surface area contributed by atoms with Crippen molar-refractivity contribution in [2.24, 2.45) is 5.92 Å². The number of ether oxygens (including phenoxy) is 1. The zero-order chi connectivity index (χ0) is 15.0. The number of hydrogen-bond acceptors (Lipinski definition) is 3. The van der Waals surface area contributed by atoms with E-state index in [-0.39, 0.29) is 18.1 Å². The van der Waals surface area contributed by atoms with Gasteiger partial charge in [0.15, 0.2) is 0 Å². The van der Waals surface area contributed by atoms with Gasteiger partial charge in [-0.05, 0) is 42.9 Å². The fourth-order valence-corrected chi connectivity index (χ4v) is 3.21. The number of amides is 1. The molecule has 0 bridgehead atoms. The molecule has 2 fully saturated rings. The summed E-state index contributed by atoms with van der Waals surface area (Å²) in [6.07, 6.45) is 3.45. The van der Waals surface area contributed by atoms with Crippen LogP contribution in [0.3, 0.4) is 0 Å². The van der Waals surface area contributed by atoms with Crippen LogP contribution in [0.1, 0.15) is 44.8 Å². The van der Waals surface area contributed by atoms with Gasteiger partial charge >= 0.3 is 0 Å². The zero-order valence-corrected chi connectivity index (χ0v) is 13.0. The number of benzene rings is 1. The van der Waals surface area contributed by atoms with Crippen molar-refractivity contribution in [2.75, 3.05) is 7.11 Å². The summed E-state index contributed by atoms with van der Waals surface area (Å²) in [5.41, 5.74) is 1.11. The number of carbonyl (C=O) groups excluding carboxylic acids is 1. The molecule has 21 heavy (non-hydrogen) atoms. The van der Waals surface area contributed by atoms with Crippen LogP contribution in [0.15, 0.2) is 24.3 Å². The number of nitrogens with one attached hydrogen (secondary N) is 1. The Morgan fingerprint density at radius 1 is 1.33 bits per heavy atom. The Kier molecular flexibility index (Phi) is 3.89. The molecule has 1 amide bonds. The SMILES string of the molecule is COc1cccc(C2NC(C(C)C)C(=O)N2C2CCC2)c1. The van der Waals surface area contributed by atoms with E-state index in [2.05, 4.69) is 30.1 Å². The molecule has 1 aromatic rings. The smallest absolute Gasteiger partial charge is 0.241 e. The topological polar surface area (TPSA) is 41.6 Å². The summed E-state index contributed by atoms with van der Waals surface area (Å²) in [6.45, 7) is 4.20. The van der Waals surface area contributed by atoms with Crippen LogP contribution in [-0.2, 0) is 4.79 Å². The maximum Gasteiger partial charge on any atom is 0.241 e. The van der Waals surface area contributed by atoms with Crippen LogP contribution in [0.4, 0.5) is 0 Å². The van der Waals surface area contributed by atoms with Crippen molar-refractivity contribution in [3.63, 3.8) is 0 Å². The molecular formula is C17H24N2O2. The first-order valence-electron chi connectivity index (χ1n) is 7.84. The lowest BCUT2D eigenvalue weighted by Gasteiger charge is -2.38. The Balaban J connectivity index is 1.91. The van der Waals surface area contributed by atoms with Crippen LogP contribution >= 0.6 is 0 Å². The first-order valence-corrected chi connectivity index (χ1v) is 7.84. The van der Waals surface area contributed by atoms with Crippen LogP contribution in [0.5, 0.6) is 5.75 Å². The van der Waals surface area contributed by atoms with Gasteiger partial charge in [-0.1, -0.05) is 26.0 Å². The molecule has 4 heteroatoms. The molecule has 1 aliphatic carbocycles. The van der Waals surface area contributed by atoms with Crippen molar-refractivity contribution in [1.82, 2.24) is 10.2 Å². The Bertz CT molecular complexity index is 525. The minimum atomic E-state index is -0.0817. The Morgan fingerprint density at radius 3 is 2.67 bits per heavy atom. The molecule has 3 rings (SSSR count). The third kappa shape index (κ3) is 2.53. The highest BCUT2D eigenvalue weighted by molar-refractivity contribution is 5.85. The molecule has 0 spiro atoms. The van der Waals surface area contributed by atoms with E-state index in [1.807, 2.05) is 18.2 Å². The van der Waals surface area contributed by atoms with E-state index in [0.29, 0.717) is 12.0 Å². The quantitative estimate of drug-likeness (QED) is 0.926. The maximum atomic E-state index is 12.8. The molecule has 1 saturated carbocycles. The van der Waals surface area contributed by atoms with E-state index in [9.17, 15) is 4.79 Å². The minimum absolute atomic E-state index is 0.0229. The molecule has 4 nitrogen and oxygen atoms in total.